The van der Waals surface area contributed by atoms with Crippen molar-refractivity contribution in [2.75, 3.05) is 13.1 Å². The average molecular weight is 353 g/mol. The van der Waals surface area contributed by atoms with Crippen LogP contribution < -0.4 is 0 Å². The van der Waals surface area contributed by atoms with E-state index in [1.54, 1.807) is 12.5 Å². The fraction of sp³-hybridized carbons (Fsp3) is 0.524. The maximum absolute atomic E-state index is 12.8. The van der Waals surface area contributed by atoms with E-state index in [9.17, 15) is 9.90 Å². The van der Waals surface area contributed by atoms with Crippen LogP contribution in [0.25, 0.3) is 0 Å². The minimum atomic E-state index is -0.439. The molecule has 2 atom stereocenters. The number of rotatable bonds is 3. The van der Waals surface area contributed by atoms with Crippen LogP contribution in [0, 0.1) is 0 Å². The largest absolute Gasteiger partial charge is 0.391 e. The number of imidazole rings is 1. The fourth-order valence-corrected chi connectivity index (χ4v) is 4.32. The van der Waals surface area contributed by atoms with E-state index in [4.69, 9.17) is 0 Å². The lowest BCUT2D eigenvalue weighted by atomic mass is 9.90. The summed E-state index contributed by atoms with van der Waals surface area (Å²) in [5.41, 5.74) is 3.99. The molecule has 1 aliphatic heterocycles. The van der Waals surface area contributed by atoms with Gasteiger partial charge in [0, 0.05) is 25.5 Å². The Morgan fingerprint density at radius 2 is 1.96 bits per heavy atom. The first kappa shape index (κ1) is 17.3. The van der Waals surface area contributed by atoms with E-state index >= 15 is 0 Å². The van der Waals surface area contributed by atoms with Crippen molar-refractivity contribution in [2.24, 2.45) is 0 Å². The number of aliphatic hydroxyl groups is 1. The van der Waals surface area contributed by atoms with Crippen LogP contribution in [-0.2, 0) is 24.1 Å². The Balaban J connectivity index is 1.40. The normalized spacial score (nSPS) is 23.3. The third-order valence-electron chi connectivity index (χ3n) is 5.86. The highest BCUT2D eigenvalue weighted by molar-refractivity contribution is 5.79. The lowest BCUT2D eigenvalue weighted by molar-refractivity contribution is -0.130. The maximum Gasteiger partial charge on any atom is 0.226 e. The van der Waals surface area contributed by atoms with Crippen LogP contribution in [0.2, 0.25) is 0 Å². The lowest BCUT2D eigenvalue weighted by Crippen LogP contribution is -2.33. The Morgan fingerprint density at radius 1 is 1.15 bits per heavy atom. The van der Waals surface area contributed by atoms with Gasteiger partial charge in [-0.2, -0.15) is 0 Å². The number of hydrogen-bond donors (Lipinski definition) is 1. The Labute approximate surface area is 154 Å². The molecule has 1 amide bonds. The van der Waals surface area contributed by atoms with Gasteiger partial charge < -0.3 is 14.6 Å². The van der Waals surface area contributed by atoms with Gasteiger partial charge in [0.1, 0.15) is 0 Å². The molecule has 5 heteroatoms. The van der Waals surface area contributed by atoms with Crippen molar-refractivity contribution in [3.05, 3.63) is 53.6 Å². The molecule has 0 unspecified atom stereocenters. The monoisotopic (exact) mass is 353 g/mol. The molecular formula is C21H27N3O2. The zero-order valence-electron chi connectivity index (χ0n) is 15.2. The zero-order chi connectivity index (χ0) is 17.9. The first-order chi connectivity index (χ1) is 12.7. The summed E-state index contributed by atoms with van der Waals surface area (Å²) in [6.45, 7) is 1.31. The predicted octanol–water partition coefficient (Wildman–Crippen LogP) is 2.53. The Morgan fingerprint density at radius 3 is 2.77 bits per heavy atom. The van der Waals surface area contributed by atoms with E-state index in [-0.39, 0.29) is 11.9 Å². The number of carbonyl (C=O) groups excluding carboxylic acids is 1. The summed E-state index contributed by atoms with van der Waals surface area (Å²) in [5, 5.41) is 10.5. The molecule has 4 rings (SSSR count). The van der Waals surface area contributed by atoms with Crippen LogP contribution in [0.1, 0.15) is 48.4 Å². The minimum Gasteiger partial charge on any atom is -0.391 e. The number of fused-ring (bicyclic) bond motifs is 1. The molecule has 26 heavy (non-hydrogen) atoms. The summed E-state index contributed by atoms with van der Waals surface area (Å²) < 4.78 is 1.96. The van der Waals surface area contributed by atoms with Crippen LogP contribution >= 0.6 is 0 Å². The number of hydrogen-bond acceptors (Lipinski definition) is 3. The number of aliphatic hydroxyl groups excluding tert-OH is 1. The molecule has 1 fully saturated rings. The molecule has 1 aromatic heterocycles. The van der Waals surface area contributed by atoms with Gasteiger partial charge in [0.05, 0.1) is 24.9 Å². The molecule has 0 saturated carbocycles. The highest BCUT2D eigenvalue weighted by Crippen LogP contribution is 2.25. The van der Waals surface area contributed by atoms with Gasteiger partial charge in [0.2, 0.25) is 5.91 Å². The highest BCUT2D eigenvalue weighted by atomic mass is 16.3. The van der Waals surface area contributed by atoms with Gasteiger partial charge in [-0.15, -0.1) is 0 Å². The first-order valence-electron chi connectivity index (χ1n) is 9.74. The fourth-order valence-electron chi connectivity index (χ4n) is 4.32. The summed E-state index contributed by atoms with van der Waals surface area (Å²) in [7, 11) is 0. The van der Waals surface area contributed by atoms with Gasteiger partial charge >= 0.3 is 0 Å². The SMILES string of the molecule is O=C(Cc1ccc2c(c1)CCCC2)N1CC[C@H](O)[C@@H](n2ccnc2)CC1. The van der Waals surface area contributed by atoms with Gasteiger partial charge in [0.25, 0.3) is 0 Å². The maximum atomic E-state index is 12.8. The van der Waals surface area contributed by atoms with Crippen molar-refractivity contribution in [3.8, 4) is 0 Å². The molecule has 138 valence electrons. The van der Waals surface area contributed by atoms with Crippen LogP contribution in [-0.4, -0.2) is 44.7 Å². The second-order valence-electron chi connectivity index (χ2n) is 7.59. The molecule has 1 saturated heterocycles. The number of benzene rings is 1. The van der Waals surface area contributed by atoms with Crippen molar-refractivity contribution in [1.29, 1.82) is 0 Å². The lowest BCUT2D eigenvalue weighted by Gasteiger charge is -2.22. The van der Waals surface area contributed by atoms with E-state index in [1.807, 2.05) is 15.7 Å². The van der Waals surface area contributed by atoms with Crippen molar-refractivity contribution in [3.63, 3.8) is 0 Å². The van der Waals surface area contributed by atoms with E-state index in [2.05, 4.69) is 23.2 Å². The van der Waals surface area contributed by atoms with Gasteiger partial charge in [-0.1, -0.05) is 18.2 Å². The Kier molecular flexibility index (Phi) is 5.07. The summed E-state index contributed by atoms with van der Waals surface area (Å²) in [6, 6.07) is 6.55. The number of aromatic nitrogens is 2. The minimum absolute atomic E-state index is 0.000885. The average Bonchev–Trinajstić information content (AvgIpc) is 3.11. The summed E-state index contributed by atoms with van der Waals surface area (Å²) >= 11 is 0. The van der Waals surface area contributed by atoms with Gasteiger partial charge in [0.15, 0.2) is 0 Å². The third kappa shape index (κ3) is 3.68. The van der Waals surface area contributed by atoms with Crippen molar-refractivity contribution in [1.82, 2.24) is 14.5 Å². The number of nitrogens with zero attached hydrogens (tertiary/aromatic N) is 3. The number of carbonyl (C=O) groups is 1. The topological polar surface area (TPSA) is 58.4 Å². The van der Waals surface area contributed by atoms with E-state index in [0.29, 0.717) is 25.9 Å². The second-order valence-corrected chi connectivity index (χ2v) is 7.59. The van der Waals surface area contributed by atoms with Crippen LogP contribution in [0.15, 0.2) is 36.9 Å². The van der Waals surface area contributed by atoms with Crippen molar-refractivity contribution in [2.45, 2.75) is 57.1 Å². The summed E-state index contributed by atoms with van der Waals surface area (Å²) in [4.78, 5) is 18.8. The molecule has 1 aliphatic carbocycles. The molecule has 1 aromatic carbocycles. The molecule has 0 spiro atoms. The van der Waals surface area contributed by atoms with Crippen LogP contribution in [0.3, 0.4) is 0 Å². The quantitative estimate of drug-likeness (QED) is 0.922. The smallest absolute Gasteiger partial charge is 0.226 e. The number of amides is 1. The molecule has 1 N–H and O–H groups in total. The predicted molar refractivity (Wildman–Crippen MR) is 99.9 cm³/mol. The molecule has 0 radical (unpaired) electrons. The number of likely N-dealkylation sites (tertiary alicyclic amines) is 1. The molecule has 2 aromatic rings. The van der Waals surface area contributed by atoms with E-state index in [0.717, 1.165) is 18.4 Å². The summed E-state index contributed by atoms with van der Waals surface area (Å²) in [6.07, 6.45) is 11.6. The van der Waals surface area contributed by atoms with Crippen molar-refractivity contribution >= 4 is 5.91 Å². The van der Waals surface area contributed by atoms with E-state index in [1.165, 1.54) is 30.4 Å². The standard InChI is InChI=1S/C21H27N3O2/c25-20-8-11-23(10-7-19(20)24-12-9-22-15-24)21(26)14-16-5-6-17-3-1-2-4-18(17)13-16/h5-6,9,12-13,15,19-20,25H,1-4,7-8,10-11,14H2/t19-,20-/m0/s1. The second kappa shape index (κ2) is 7.62. The first-order valence-corrected chi connectivity index (χ1v) is 9.74. The molecule has 2 aliphatic rings. The van der Waals surface area contributed by atoms with Gasteiger partial charge in [-0.3, -0.25) is 4.79 Å². The summed E-state index contributed by atoms with van der Waals surface area (Å²) in [5.74, 6) is 0.166. The van der Waals surface area contributed by atoms with Gasteiger partial charge in [-0.05, 0) is 55.2 Å². The van der Waals surface area contributed by atoms with Gasteiger partial charge in [-0.25, -0.2) is 4.98 Å². The Bertz CT molecular complexity index is 757. The Hall–Kier alpha value is -2.14. The molecule has 2 heterocycles. The zero-order valence-corrected chi connectivity index (χ0v) is 15.2. The number of aryl methyl sites for hydroxylation is 2. The highest BCUT2D eigenvalue weighted by Gasteiger charge is 2.27. The molecule has 0 bridgehead atoms. The third-order valence-corrected chi connectivity index (χ3v) is 5.86. The van der Waals surface area contributed by atoms with E-state index < -0.39 is 6.10 Å². The molecule has 5 nitrogen and oxygen atoms in total. The molecular weight excluding hydrogens is 326 g/mol. The van der Waals surface area contributed by atoms with Crippen LogP contribution in [0.4, 0.5) is 0 Å². The van der Waals surface area contributed by atoms with Crippen molar-refractivity contribution < 1.29 is 9.90 Å². The van der Waals surface area contributed by atoms with Crippen LogP contribution in [0.5, 0.6) is 0 Å².